The zero-order valence-corrected chi connectivity index (χ0v) is 46.0. The average molecular weight is 1050 g/mol. The molecule has 0 amide bonds. The van der Waals surface area contributed by atoms with Crippen molar-refractivity contribution in [3.8, 4) is 61.3 Å². The van der Waals surface area contributed by atoms with Crippen molar-refractivity contribution >= 4 is 51.0 Å². The first kappa shape index (κ1) is 48.8. The molecule has 15 rings (SSSR count). The van der Waals surface area contributed by atoms with Crippen LogP contribution in [0.3, 0.4) is 0 Å². The third-order valence-corrected chi connectivity index (χ3v) is 17.8. The molecule has 1 aromatic heterocycles. The van der Waals surface area contributed by atoms with Crippen LogP contribution in [0, 0.1) is 0 Å². The highest BCUT2D eigenvalue weighted by Crippen LogP contribution is 2.59. The van der Waals surface area contributed by atoms with Crippen molar-refractivity contribution in [2.24, 2.45) is 0 Å². The second-order valence-corrected chi connectivity index (χ2v) is 22.5. The zero-order valence-electron chi connectivity index (χ0n) is 46.0. The second kappa shape index (κ2) is 19.2. The second-order valence-electron chi connectivity index (χ2n) is 22.5. The minimum Gasteiger partial charge on any atom is -0.310 e. The topological polar surface area (TPSA) is 8.17 Å². The standard InChI is InChI=1S/C80H58N2/c1-5-53-26-30-57(31-27-53)59-36-46-77-71(48-59)72-49-60(58-32-28-54(6-2)29-33-58)37-47-78(72)82(77)66-42-45-70-69-44-41-65(51-75(69)80(76(70)52-66,61-20-12-8-13-21-61)62-22-14-9-15-23-62)81(63-38-34-56(35-39-63)55-18-10-7-11-19-55)64-40-43-68-67-24-16-17-25-73(67)79(3,4)74(68)50-64/h5-52H,1-2H2,3-4H3. The molecule has 2 nitrogen and oxygen atoms in total. The van der Waals surface area contributed by atoms with Crippen LogP contribution in [0.25, 0.3) is 95.3 Å². The smallest absolute Gasteiger partial charge is 0.0715 e. The molecule has 0 spiro atoms. The summed E-state index contributed by atoms with van der Waals surface area (Å²) < 4.78 is 2.49. The first-order chi connectivity index (χ1) is 40.3. The SMILES string of the molecule is C=Cc1ccc(-c2ccc3c(c2)c2cc(-c4ccc(C=C)cc4)ccc2n3-c2ccc3c(c2)C(c2ccccc2)(c2ccccc2)c2cc(N(c4ccc(-c5ccccc5)cc4)c4ccc5c(c4)C(C)(C)c4ccccc4-5)ccc2-3)cc1. The Morgan fingerprint density at radius 1 is 0.329 bits per heavy atom. The predicted molar refractivity (Wildman–Crippen MR) is 347 cm³/mol. The Bertz CT molecular complexity index is 4490. The van der Waals surface area contributed by atoms with E-state index < -0.39 is 5.41 Å². The first-order valence-corrected chi connectivity index (χ1v) is 28.4. The average Bonchev–Trinajstić information content (AvgIpc) is 3.47. The normalized spacial score (nSPS) is 13.3. The zero-order chi connectivity index (χ0) is 55.1. The minimum absolute atomic E-state index is 0.172. The van der Waals surface area contributed by atoms with Gasteiger partial charge in [0.15, 0.2) is 0 Å². The van der Waals surface area contributed by atoms with E-state index in [0.717, 1.165) is 44.9 Å². The molecule has 0 radical (unpaired) electrons. The molecule has 12 aromatic carbocycles. The van der Waals surface area contributed by atoms with Crippen LogP contribution in [0.4, 0.5) is 17.1 Å². The molecule has 82 heavy (non-hydrogen) atoms. The molecule has 0 bridgehead atoms. The van der Waals surface area contributed by atoms with Crippen molar-refractivity contribution < 1.29 is 0 Å². The van der Waals surface area contributed by atoms with E-state index in [1.54, 1.807) is 0 Å². The quantitative estimate of drug-likeness (QED) is 0.125. The molecule has 0 unspecified atom stereocenters. The van der Waals surface area contributed by atoms with Crippen LogP contribution < -0.4 is 4.90 Å². The fourth-order valence-corrected chi connectivity index (χ4v) is 13.7. The van der Waals surface area contributed by atoms with Crippen molar-refractivity contribution in [2.45, 2.75) is 24.7 Å². The van der Waals surface area contributed by atoms with Gasteiger partial charge in [-0.2, -0.15) is 0 Å². The molecule has 0 atom stereocenters. The summed E-state index contributed by atoms with van der Waals surface area (Å²) in [4.78, 5) is 2.48. The molecule has 0 N–H and O–H groups in total. The van der Waals surface area contributed by atoms with Crippen LogP contribution in [0.2, 0.25) is 0 Å². The van der Waals surface area contributed by atoms with E-state index in [9.17, 15) is 0 Å². The number of nitrogens with zero attached hydrogens (tertiary/aromatic N) is 2. The summed E-state index contributed by atoms with van der Waals surface area (Å²) in [5, 5.41) is 2.40. The number of hydrogen-bond acceptors (Lipinski definition) is 1. The molecule has 2 aliphatic rings. The lowest BCUT2D eigenvalue weighted by Crippen LogP contribution is -2.29. The third-order valence-electron chi connectivity index (χ3n) is 17.8. The van der Waals surface area contributed by atoms with E-state index in [0.29, 0.717) is 0 Å². The van der Waals surface area contributed by atoms with Gasteiger partial charge < -0.3 is 9.47 Å². The van der Waals surface area contributed by atoms with E-state index in [2.05, 4.69) is 316 Å². The summed E-state index contributed by atoms with van der Waals surface area (Å²) in [6, 6.07) is 104. The summed E-state index contributed by atoms with van der Waals surface area (Å²) in [5.41, 5.74) is 27.8. The van der Waals surface area contributed by atoms with E-state index in [1.807, 2.05) is 12.2 Å². The van der Waals surface area contributed by atoms with Gasteiger partial charge in [0.2, 0.25) is 0 Å². The van der Waals surface area contributed by atoms with Gasteiger partial charge in [-0.25, -0.2) is 0 Å². The number of fused-ring (bicyclic) bond motifs is 9. The molecule has 0 fully saturated rings. The van der Waals surface area contributed by atoms with Crippen LogP contribution in [0.1, 0.15) is 58.4 Å². The Balaban J connectivity index is 0.947. The van der Waals surface area contributed by atoms with Crippen molar-refractivity contribution in [1.29, 1.82) is 0 Å². The highest BCUT2D eigenvalue weighted by molar-refractivity contribution is 6.12. The molecule has 2 heteroatoms. The van der Waals surface area contributed by atoms with Gasteiger partial charge in [-0.3, -0.25) is 0 Å². The number of benzene rings is 12. The summed E-state index contributed by atoms with van der Waals surface area (Å²) >= 11 is 0. The van der Waals surface area contributed by atoms with Gasteiger partial charge >= 0.3 is 0 Å². The molecule has 2 aliphatic carbocycles. The van der Waals surface area contributed by atoms with Gasteiger partial charge in [0, 0.05) is 38.9 Å². The van der Waals surface area contributed by atoms with Crippen molar-refractivity contribution in [2.75, 3.05) is 4.90 Å². The highest BCUT2D eigenvalue weighted by Gasteiger charge is 2.47. The molecule has 0 aliphatic heterocycles. The molecule has 0 saturated carbocycles. The van der Waals surface area contributed by atoms with Crippen molar-refractivity contribution in [1.82, 2.24) is 4.57 Å². The Labute approximate surface area is 480 Å². The minimum atomic E-state index is -0.697. The molecular weight excluding hydrogens is 989 g/mol. The van der Waals surface area contributed by atoms with E-state index in [4.69, 9.17) is 0 Å². The van der Waals surface area contributed by atoms with Gasteiger partial charge in [0.1, 0.15) is 0 Å². The van der Waals surface area contributed by atoms with Crippen molar-refractivity contribution in [3.05, 3.63) is 337 Å². The number of hydrogen-bond donors (Lipinski definition) is 0. The largest absolute Gasteiger partial charge is 0.310 e. The van der Waals surface area contributed by atoms with Crippen molar-refractivity contribution in [3.63, 3.8) is 0 Å². The maximum atomic E-state index is 4.01. The Kier molecular flexibility index (Phi) is 11.4. The van der Waals surface area contributed by atoms with Crippen LogP contribution in [-0.2, 0) is 10.8 Å². The lowest BCUT2D eigenvalue weighted by Gasteiger charge is -2.35. The summed E-state index contributed by atoms with van der Waals surface area (Å²) in [5.74, 6) is 0. The summed E-state index contributed by atoms with van der Waals surface area (Å²) in [6.07, 6.45) is 3.80. The first-order valence-electron chi connectivity index (χ1n) is 28.4. The molecule has 13 aromatic rings. The van der Waals surface area contributed by atoms with Gasteiger partial charge in [0.25, 0.3) is 0 Å². The van der Waals surface area contributed by atoms with Gasteiger partial charge in [0.05, 0.1) is 16.4 Å². The number of anilines is 3. The van der Waals surface area contributed by atoms with Gasteiger partial charge in [-0.05, 0) is 173 Å². The molecule has 0 saturated heterocycles. The van der Waals surface area contributed by atoms with E-state index >= 15 is 0 Å². The fourth-order valence-electron chi connectivity index (χ4n) is 13.7. The third kappa shape index (κ3) is 7.63. The maximum Gasteiger partial charge on any atom is 0.0715 e. The van der Waals surface area contributed by atoms with Crippen LogP contribution in [-0.4, -0.2) is 4.57 Å². The van der Waals surface area contributed by atoms with E-state index in [1.165, 1.54) is 99.8 Å². The predicted octanol–water partition coefficient (Wildman–Crippen LogP) is 21.2. The Hall–Kier alpha value is -10.3. The maximum absolute atomic E-state index is 4.01. The van der Waals surface area contributed by atoms with Gasteiger partial charge in [-0.1, -0.05) is 245 Å². The highest BCUT2D eigenvalue weighted by atomic mass is 15.1. The van der Waals surface area contributed by atoms with Crippen LogP contribution in [0.5, 0.6) is 0 Å². The monoisotopic (exact) mass is 1050 g/mol. The number of aromatic nitrogens is 1. The van der Waals surface area contributed by atoms with Crippen LogP contribution in [0.15, 0.2) is 292 Å². The Morgan fingerprint density at radius 3 is 1.28 bits per heavy atom. The molecule has 388 valence electrons. The Morgan fingerprint density at radius 2 is 0.732 bits per heavy atom. The van der Waals surface area contributed by atoms with Gasteiger partial charge in [-0.15, -0.1) is 0 Å². The lowest BCUT2D eigenvalue weighted by molar-refractivity contribution is 0.660. The summed E-state index contributed by atoms with van der Waals surface area (Å²) in [6.45, 7) is 12.8. The molecular formula is C80H58N2. The van der Waals surface area contributed by atoms with E-state index in [-0.39, 0.29) is 5.41 Å². The fraction of sp³-hybridized carbons (Fsp3) is 0.0500. The van der Waals surface area contributed by atoms with Crippen LogP contribution >= 0.6 is 0 Å². The lowest BCUT2D eigenvalue weighted by atomic mass is 9.67. The number of rotatable bonds is 11. The summed E-state index contributed by atoms with van der Waals surface area (Å²) in [7, 11) is 0. The molecule has 1 heterocycles.